The highest BCUT2D eigenvalue weighted by atomic mass is 32.2. The van der Waals surface area contributed by atoms with Gasteiger partial charge in [0.2, 0.25) is 15.9 Å². The first-order valence-electron chi connectivity index (χ1n) is 10.9. The van der Waals surface area contributed by atoms with Gasteiger partial charge in [-0.05, 0) is 31.0 Å². The molecule has 1 atom stereocenters. The van der Waals surface area contributed by atoms with Gasteiger partial charge >= 0.3 is 11.9 Å². The molecule has 2 rings (SSSR count). The highest BCUT2D eigenvalue weighted by Gasteiger charge is 2.32. The van der Waals surface area contributed by atoms with Crippen LogP contribution < -0.4 is 26.6 Å². The summed E-state index contributed by atoms with van der Waals surface area (Å²) in [6, 6.07) is 2.90. The molecule has 1 aromatic heterocycles. The van der Waals surface area contributed by atoms with Crippen molar-refractivity contribution >= 4 is 45.2 Å². The number of nitrogens with zero attached hydrogens (tertiary/aromatic N) is 2. The Hall–Kier alpha value is -4.47. The number of nitrogens with two attached hydrogens (primary N) is 2. The second kappa shape index (κ2) is 12.7. The quantitative estimate of drug-likeness (QED) is 0.103. The number of aromatic nitrogens is 1. The number of sulfonamides is 1. The van der Waals surface area contributed by atoms with Crippen molar-refractivity contribution in [2.24, 2.45) is 16.5 Å². The molecule has 0 bridgehead atoms. The fourth-order valence-corrected chi connectivity index (χ4v) is 4.82. The molecule has 0 fully saturated rings. The number of amides is 1. The normalized spacial score (nSPS) is 11.8. The molecule has 0 aliphatic carbocycles. The van der Waals surface area contributed by atoms with Crippen molar-refractivity contribution in [3.63, 3.8) is 0 Å². The first kappa shape index (κ1) is 29.8. The van der Waals surface area contributed by atoms with E-state index in [0.717, 1.165) is 43.3 Å². The Kier molecular flexibility index (Phi) is 9.92. The Balaban J connectivity index is 2.51. The third kappa shape index (κ3) is 7.52. The number of hydrogen-bond acceptors (Lipinski definition) is 8. The number of rotatable bonds is 12. The average Bonchev–Trinajstić information content (AvgIpc) is 2.82. The first-order valence-corrected chi connectivity index (χ1v) is 12.6. The molecule has 2 aromatic rings. The van der Waals surface area contributed by atoms with Gasteiger partial charge in [0, 0.05) is 25.2 Å². The van der Waals surface area contributed by atoms with Crippen molar-refractivity contribution in [3.8, 4) is 0 Å². The molecule has 0 spiro atoms. The molecule has 1 heterocycles. The highest BCUT2D eigenvalue weighted by molar-refractivity contribution is 7.91. The number of pyridine rings is 1. The lowest BCUT2D eigenvalue weighted by Crippen LogP contribution is -2.45. The molecule has 1 aromatic carbocycles. The molecule has 7 N–H and O–H groups in total. The van der Waals surface area contributed by atoms with Gasteiger partial charge in [-0.25, -0.2) is 22.4 Å². The van der Waals surface area contributed by atoms with Gasteiger partial charge in [0.15, 0.2) is 5.96 Å². The van der Waals surface area contributed by atoms with Crippen molar-refractivity contribution in [3.05, 3.63) is 57.8 Å². The van der Waals surface area contributed by atoms with Crippen LogP contribution in [0.25, 0.3) is 0 Å². The topological polar surface area (TPSA) is 227 Å². The molecule has 0 aliphatic heterocycles. The number of esters is 1. The average molecular weight is 555 g/mol. The van der Waals surface area contributed by atoms with Crippen LogP contribution in [0.2, 0.25) is 0 Å². The van der Waals surface area contributed by atoms with Gasteiger partial charge in [-0.1, -0.05) is 6.07 Å². The van der Waals surface area contributed by atoms with E-state index >= 15 is 0 Å². The molecule has 1 amide bonds. The van der Waals surface area contributed by atoms with E-state index in [-0.39, 0.29) is 36.6 Å². The van der Waals surface area contributed by atoms with Crippen molar-refractivity contribution < 1.29 is 37.0 Å². The van der Waals surface area contributed by atoms with E-state index < -0.39 is 62.3 Å². The zero-order valence-electron chi connectivity index (χ0n) is 20.4. The largest absolute Gasteiger partial charge is 0.480 e. The van der Waals surface area contributed by atoms with Gasteiger partial charge in [0.1, 0.15) is 17.5 Å². The monoisotopic (exact) mass is 554 g/mol. The number of benzene rings is 1. The van der Waals surface area contributed by atoms with Gasteiger partial charge in [-0.2, -0.15) is 0 Å². The van der Waals surface area contributed by atoms with Crippen LogP contribution in [0.5, 0.6) is 0 Å². The second-order valence-electron chi connectivity index (χ2n) is 7.88. The van der Waals surface area contributed by atoms with E-state index in [4.69, 9.17) is 11.5 Å². The van der Waals surface area contributed by atoms with Crippen molar-refractivity contribution in [2.75, 3.05) is 23.3 Å². The van der Waals surface area contributed by atoms with Crippen LogP contribution in [0.4, 0.5) is 15.8 Å². The van der Waals surface area contributed by atoms with E-state index in [2.05, 4.69) is 14.7 Å². The Labute approximate surface area is 216 Å². The van der Waals surface area contributed by atoms with Crippen molar-refractivity contribution in [1.82, 2.24) is 4.98 Å². The maximum Gasteiger partial charge on any atom is 0.338 e. The second-order valence-corrected chi connectivity index (χ2v) is 9.60. The van der Waals surface area contributed by atoms with Crippen LogP contribution in [0.15, 0.2) is 40.2 Å². The fourth-order valence-electron chi connectivity index (χ4n) is 3.57. The minimum Gasteiger partial charge on any atom is -0.480 e. The van der Waals surface area contributed by atoms with E-state index in [1.165, 1.54) is 6.07 Å². The van der Waals surface area contributed by atoms with E-state index in [1.807, 2.05) is 4.72 Å². The van der Waals surface area contributed by atoms with Crippen LogP contribution in [-0.2, 0) is 30.1 Å². The Morgan fingerprint density at radius 1 is 1.26 bits per heavy atom. The molecule has 0 radical (unpaired) electrons. The smallest absolute Gasteiger partial charge is 0.338 e. The van der Waals surface area contributed by atoms with E-state index in [1.54, 1.807) is 0 Å². The number of carbonyl (C=O) groups is 3. The number of nitrogens with one attached hydrogen (secondary N) is 2. The zero-order chi connectivity index (χ0) is 28.6. The lowest BCUT2D eigenvalue weighted by molar-refractivity contribution is -0.140. The summed E-state index contributed by atoms with van der Waals surface area (Å²) >= 11 is 0. The number of aromatic amines is 1. The number of guanidine groups is 1. The van der Waals surface area contributed by atoms with Crippen LogP contribution >= 0.6 is 0 Å². The summed E-state index contributed by atoms with van der Waals surface area (Å²) in [5.74, 6) is -5.55. The summed E-state index contributed by atoms with van der Waals surface area (Å²) in [6.07, 6.45) is 1.07. The molecule has 16 heteroatoms. The summed E-state index contributed by atoms with van der Waals surface area (Å²) in [5, 5.41) is 9.80. The van der Waals surface area contributed by atoms with Crippen molar-refractivity contribution in [2.45, 2.75) is 31.6 Å². The molecule has 0 aliphatic rings. The minimum absolute atomic E-state index is 0.0535. The molecule has 0 unspecified atom stereocenters. The SMILES string of the molecule is COC(=O)c1cccc(F)c1CS(=O)(=O)Nc1c(N(C(C)=O)[C@@H](CCCN=C(N)N)C(=O)O)cc[nH]c1=O. The van der Waals surface area contributed by atoms with Crippen LogP contribution in [0.1, 0.15) is 35.7 Å². The number of H-pyrrole nitrogens is 1. The fraction of sp³-hybridized carbons (Fsp3) is 0.318. The number of hydrogen-bond donors (Lipinski definition) is 5. The summed E-state index contributed by atoms with van der Waals surface area (Å²) in [4.78, 5) is 56.0. The molecule has 206 valence electrons. The minimum atomic E-state index is -4.60. The van der Waals surface area contributed by atoms with Gasteiger partial charge in [-0.3, -0.25) is 24.2 Å². The summed E-state index contributed by atoms with van der Waals surface area (Å²) < 4.78 is 47.1. The van der Waals surface area contributed by atoms with E-state index in [9.17, 15) is 37.1 Å². The molecule has 0 saturated carbocycles. The molecular weight excluding hydrogens is 527 g/mol. The van der Waals surface area contributed by atoms with Crippen LogP contribution in [-0.4, -0.2) is 62.0 Å². The third-order valence-electron chi connectivity index (χ3n) is 5.18. The number of carbonyl (C=O) groups excluding carboxylic acids is 2. The number of ether oxygens (including phenoxy) is 1. The Bertz CT molecular complexity index is 1400. The van der Waals surface area contributed by atoms with Crippen LogP contribution in [0, 0.1) is 5.82 Å². The molecular formula is C22H27FN6O8S. The first-order chi connectivity index (χ1) is 17.8. The summed E-state index contributed by atoms with van der Waals surface area (Å²) in [6.45, 7) is 1.09. The lowest BCUT2D eigenvalue weighted by Gasteiger charge is -2.29. The number of carboxylic acid groups (broad SMARTS) is 1. The van der Waals surface area contributed by atoms with Crippen LogP contribution in [0.3, 0.4) is 0 Å². The van der Waals surface area contributed by atoms with Crippen molar-refractivity contribution in [1.29, 1.82) is 0 Å². The number of aliphatic carboxylic acids is 1. The Morgan fingerprint density at radius 3 is 2.53 bits per heavy atom. The predicted molar refractivity (Wildman–Crippen MR) is 136 cm³/mol. The maximum atomic E-state index is 14.5. The number of halogens is 1. The molecule has 0 saturated heterocycles. The number of anilines is 2. The predicted octanol–water partition coefficient (Wildman–Crippen LogP) is 0.102. The van der Waals surface area contributed by atoms with Gasteiger partial charge < -0.3 is 26.3 Å². The zero-order valence-corrected chi connectivity index (χ0v) is 21.2. The highest BCUT2D eigenvalue weighted by Crippen LogP contribution is 2.28. The lowest BCUT2D eigenvalue weighted by atomic mass is 10.1. The molecule has 14 nitrogen and oxygen atoms in total. The molecule has 38 heavy (non-hydrogen) atoms. The summed E-state index contributed by atoms with van der Waals surface area (Å²) in [7, 11) is -3.57. The maximum absolute atomic E-state index is 14.5. The third-order valence-corrected chi connectivity index (χ3v) is 6.36. The van der Waals surface area contributed by atoms with Gasteiger partial charge in [0.05, 0.1) is 24.1 Å². The van der Waals surface area contributed by atoms with Gasteiger partial charge in [-0.15, -0.1) is 0 Å². The van der Waals surface area contributed by atoms with E-state index in [0.29, 0.717) is 0 Å². The van der Waals surface area contributed by atoms with Gasteiger partial charge in [0.25, 0.3) is 5.56 Å². The summed E-state index contributed by atoms with van der Waals surface area (Å²) in [5.41, 5.74) is 7.58. The number of aliphatic imine (C=N–C) groups is 1. The Morgan fingerprint density at radius 2 is 1.95 bits per heavy atom. The number of methoxy groups -OCH3 is 1. The number of carboxylic acids is 1. The standard InChI is InChI=1S/C22H27FN6O8S/c1-12(30)29(17(20(32)33)7-4-9-27-22(24)25)16-8-10-26-19(31)18(16)28-38(35,36)11-14-13(21(34)37-2)5-3-6-15(14)23/h3,5-6,8,10,17,28H,4,7,9,11H2,1-2H3,(H,26,31)(H,32,33)(H4,24,25,27)/t17-/m0/s1.